The van der Waals surface area contributed by atoms with E-state index >= 15 is 0 Å². The number of hydrogen-bond acceptors (Lipinski definition) is 12. The Morgan fingerprint density at radius 1 is 0.971 bits per heavy atom. The van der Waals surface area contributed by atoms with Gasteiger partial charge in [-0.3, -0.25) is 4.79 Å². The smallest absolute Gasteiger partial charge is 0.335 e. The van der Waals surface area contributed by atoms with Crippen molar-refractivity contribution in [2.75, 3.05) is 7.11 Å². The summed E-state index contributed by atoms with van der Waals surface area (Å²) in [6.45, 7) is 0. The average molecular weight is 492 g/mol. The SMILES string of the molecule is COc1c(O)cc2oc(-c3ccc(O)cc3)c(O[C@@H]3O[C@H](C(=O)O)[C@H](O)[C@@H](O)[C@H]3O)c(=O)c2c1O. The van der Waals surface area contributed by atoms with Gasteiger partial charge in [0.2, 0.25) is 23.2 Å². The van der Waals surface area contributed by atoms with Gasteiger partial charge < -0.3 is 54.4 Å². The predicted octanol–water partition coefficient (Wildman–Crippen LogP) is -0.144. The lowest BCUT2D eigenvalue weighted by atomic mass is 9.99. The second-order valence-corrected chi connectivity index (χ2v) is 7.64. The Morgan fingerprint density at radius 2 is 1.63 bits per heavy atom. The molecule has 7 N–H and O–H groups in total. The summed E-state index contributed by atoms with van der Waals surface area (Å²) in [6.07, 6.45) is -9.97. The van der Waals surface area contributed by atoms with E-state index in [1.54, 1.807) is 0 Å². The number of methoxy groups -OCH3 is 1. The highest BCUT2D eigenvalue weighted by molar-refractivity contribution is 5.91. The molecule has 0 radical (unpaired) electrons. The highest BCUT2D eigenvalue weighted by Crippen LogP contribution is 2.43. The molecule has 0 unspecified atom stereocenters. The van der Waals surface area contributed by atoms with Crippen LogP contribution >= 0.6 is 0 Å². The summed E-state index contributed by atoms with van der Waals surface area (Å²) < 4.78 is 21.2. The Labute approximate surface area is 195 Å². The van der Waals surface area contributed by atoms with Crippen molar-refractivity contribution in [1.82, 2.24) is 0 Å². The molecular formula is C22H20O13. The molecule has 1 aliphatic rings. The molecule has 13 nitrogen and oxygen atoms in total. The van der Waals surface area contributed by atoms with E-state index in [2.05, 4.69) is 0 Å². The summed E-state index contributed by atoms with van der Waals surface area (Å²) >= 11 is 0. The summed E-state index contributed by atoms with van der Waals surface area (Å²) in [5.41, 5.74) is -1.16. The maximum atomic E-state index is 13.4. The van der Waals surface area contributed by atoms with Crippen LogP contribution in [0.4, 0.5) is 0 Å². The van der Waals surface area contributed by atoms with Gasteiger partial charge in [0.1, 0.15) is 35.0 Å². The van der Waals surface area contributed by atoms with Gasteiger partial charge in [-0.05, 0) is 24.3 Å². The number of ether oxygens (including phenoxy) is 3. The largest absolute Gasteiger partial charge is 0.508 e. The van der Waals surface area contributed by atoms with Crippen molar-refractivity contribution in [1.29, 1.82) is 0 Å². The van der Waals surface area contributed by atoms with Crippen molar-refractivity contribution in [2.24, 2.45) is 0 Å². The Balaban J connectivity index is 1.93. The number of phenols is 3. The van der Waals surface area contributed by atoms with Crippen LogP contribution in [0.25, 0.3) is 22.3 Å². The number of carboxylic acids is 1. The first kappa shape index (κ1) is 24.1. The topological polar surface area (TPSA) is 217 Å². The monoisotopic (exact) mass is 492 g/mol. The van der Waals surface area contributed by atoms with Gasteiger partial charge >= 0.3 is 5.97 Å². The number of carbonyl (C=O) groups is 1. The molecule has 0 spiro atoms. The molecule has 1 saturated heterocycles. The van der Waals surface area contributed by atoms with E-state index in [0.717, 1.165) is 13.2 Å². The summed E-state index contributed by atoms with van der Waals surface area (Å²) in [5.74, 6) is -4.55. The Hall–Kier alpha value is -4.04. The minimum Gasteiger partial charge on any atom is -0.508 e. The molecule has 0 bridgehead atoms. The molecule has 1 fully saturated rings. The maximum Gasteiger partial charge on any atom is 0.335 e. The van der Waals surface area contributed by atoms with E-state index in [0.29, 0.717) is 0 Å². The van der Waals surface area contributed by atoms with Gasteiger partial charge in [0.05, 0.1) is 7.11 Å². The van der Waals surface area contributed by atoms with Crippen molar-refractivity contribution in [3.05, 3.63) is 40.6 Å². The molecule has 5 atom stereocenters. The standard InChI is InChI=1S/C22H20O13/c1-32-18-9(24)6-10-11(12(18)25)13(26)19(17(33-10)7-2-4-8(23)5-3-7)34-22-16(29)14(27)15(28)20(35-22)21(30)31/h2-6,14-16,20,22-25,27-29H,1H3,(H,30,31)/t14-,15-,16-,20+,22-/m1/s1. The molecule has 1 aromatic heterocycles. The quantitative estimate of drug-likeness (QED) is 0.247. The first-order valence-corrected chi connectivity index (χ1v) is 10.0. The maximum absolute atomic E-state index is 13.4. The molecule has 0 saturated carbocycles. The van der Waals surface area contributed by atoms with Crippen LogP contribution in [0.1, 0.15) is 0 Å². The van der Waals surface area contributed by atoms with Crippen LogP contribution < -0.4 is 14.9 Å². The van der Waals surface area contributed by atoms with Crippen molar-refractivity contribution < 1.29 is 59.2 Å². The number of aromatic hydroxyl groups is 3. The molecule has 3 aromatic rings. The van der Waals surface area contributed by atoms with Gasteiger partial charge in [0, 0.05) is 11.6 Å². The van der Waals surface area contributed by atoms with Crippen LogP contribution in [0, 0.1) is 0 Å². The van der Waals surface area contributed by atoms with Gasteiger partial charge in [-0.2, -0.15) is 0 Å². The minimum absolute atomic E-state index is 0.119. The van der Waals surface area contributed by atoms with E-state index in [4.69, 9.17) is 18.6 Å². The van der Waals surface area contributed by atoms with Crippen molar-refractivity contribution in [2.45, 2.75) is 30.7 Å². The molecule has 2 heterocycles. The lowest BCUT2D eigenvalue weighted by Gasteiger charge is -2.38. The third-order valence-corrected chi connectivity index (χ3v) is 5.43. The Bertz CT molecular complexity index is 1330. The molecule has 0 aliphatic carbocycles. The molecule has 186 valence electrons. The number of phenolic OH excluding ortho intramolecular Hbond substituents is 3. The third kappa shape index (κ3) is 4.06. The summed E-state index contributed by atoms with van der Waals surface area (Å²) in [7, 11) is 1.13. The number of fused-ring (bicyclic) bond motifs is 1. The highest BCUT2D eigenvalue weighted by atomic mass is 16.7. The number of aliphatic carboxylic acids is 1. The number of aliphatic hydroxyl groups excluding tert-OH is 3. The van der Waals surface area contributed by atoms with Crippen molar-refractivity contribution >= 4 is 16.9 Å². The third-order valence-electron chi connectivity index (χ3n) is 5.43. The summed E-state index contributed by atoms with van der Waals surface area (Å²) in [5, 5.41) is 69.3. The van der Waals surface area contributed by atoms with E-state index in [-0.39, 0.29) is 22.7 Å². The number of hydrogen-bond donors (Lipinski definition) is 7. The zero-order chi connectivity index (χ0) is 25.6. The van der Waals surface area contributed by atoms with Crippen LogP contribution in [0.2, 0.25) is 0 Å². The van der Waals surface area contributed by atoms with E-state index in [1.807, 2.05) is 0 Å². The van der Waals surface area contributed by atoms with Gasteiger partial charge in [0.15, 0.2) is 23.4 Å². The second-order valence-electron chi connectivity index (χ2n) is 7.64. The molecule has 1 aliphatic heterocycles. The molecule has 13 heteroatoms. The molecule has 2 aromatic carbocycles. The van der Waals surface area contributed by atoms with Crippen LogP contribution in [-0.4, -0.2) is 79.5 Å². The van der Waals surface area contributed by atoms with Gasteiger partial charge in [-0.15, -0.1) is 0 Å². The summed E-state index contributed by atoms with van der Waals surface area (Å²) in [6, 6.07) is 6.21. The first-order chi connectivity index (χ1) is 16.5. The highest BCUT2D eigenvalue weighted by Gasteiger charge is 2.48. The van der Waals surface area contributed by atoms with Crippen molar-refractivity contribution in [3.8, 4) is 40.1 Å². The predicted molar refractivity (Wildman–Crippen MR) is 114 cm³/mol. The number of benzene rings is 2. The van der Waals surface area contributed by atoms with Crippen LogP contribution in [-0.2, 0) is 9.53 Å². The molecular weight excluding hydrogens is 472 g/mol. The fraction of sp³-hybridized carbons (Fsp3) is 0.273. The second kappa shape index (κ2) is 8.96. The van der Waals surface area contributed by atoms with Crippen LogP contribution in [0.15, 0.2) is 39.5 Å². The Morgan fingerprint density at radius 3 is 2.23 bits per heavy atom. The summed E-state index contributed by atoms with van der Waals surface area (Å²) in [4.78, 5) is 24.9. The molecule has 0 amide bonds. The normalized spacial score (nSPS) is 24.3. The van der Waals surface area contributed by atoms with Gasteiger partial charge in [-0.25, -0.2) is 4.79 Å². The Kier molecular flexibility index (Phi) is 6.17. The van der Waals surface area contributed by atoms with Gasteiger partial charge in [-0.1, -0.05) is 0 Å². The van der Waals surface area contributed by atoms with E-state index < -0.39 is 70.5 Å². The molecule has 35 heavy (non-hydrogen) atoms. The fourth-order valence-corrected chi connectivity index (χ4v) is 3.66. The van der Waals surface area contributed by atoms with Crippen LogP contribution in [0.3, 0.4) is 0 Å². The number of rotatable bonds is 5. The zero-order valence-corrected chi connectivity index (χ0v) is 17.9. The average Bonchev–Trinajstić information content (AvgIpc) is 2.81. The lowest BCUT2D eigenvalue weighted by molar-refractivity contribution is -0.271. The van der Waals surface area contributed by atoms with Crippen molar-refractivity contribution in [3.63, 3.8) is 0 Å². The number of aliphatic hydroxyl groups is 3. The minimum atomic E-state index is -2.01. The number of carboxylic acid groups (broad SMARTS) is 1. The van der Waals surface area contributed by atoms with E-state index in [1.165, 1.54) is 24.3 Å². The van der Waals surface area contributed by atoms with Crippen LogP contribution in [0.5, 0.6) is 28.7 Å². The fourth-order valence-electron chi connectivity index (χ4n) is 3.66. The van der Waals surface area contributed by atoms with Gasteiger partial charge in [0.25, 0.3) is 0 Å². The first-order valence-electron chi connectivity index (χ1n) is 10.0. The zero-order valence-electron chi connectivity index (χ0n) is 17.9. The lowest BCUT2D eigenvalue weighted by Crippen LogP contribution is -2.61. The molecule has 4 rings (SSSR count). The van der Waals surface area contributed by atoms with E-state index in [9.17, 15) is 45.3 Å².